The first-order valence-electron chi connectivity index (χ1n) is 5.56. The molecule has 5 nitrogen and oxygen atoms in total. The number of rotatable bonds is 6. The predicted molar refractivity (Wildman–Crippen MR) is 62.2 cm³/mol. The van der Waals surface area contributed by atoms with E-state index in [1.165, 1.54) is 0 Å². The summed E-state index contributed by atoms with van der Waals surface area (Å²) in [6.45, 7) is 2.31. The highest BCUT2D eigenvalue weighted by Gasteiger charge is 2.30. The molecule has 2 rings (SSSR count). The minimum atomic E-state index is -0.333. The Kier molecular flexibility index (Phi) is 3.48. The van der Waals surface area contributed by atoms with Gasteiger partial charge >= 0.3 is 0 Å². The Morgan fingerprint density at radius 1 is 1.56 bits per heavy atom. The van der Waals surface area contributed by atoms with Gasteiger partial charge in [-0.3, -0.25) is 9.36 Å². The molecule has 1 saturated carbocycles. The van der Waals surface area contributed by atoms with E-state index >= 15 is 0 Å². The van der Waals surface area contributed by atoms with Crippen LogP contribution in [0.5, 0.6) is 0 Å². The topological polar surface area (TPSA) is 73.8 Å². The van der Waals surface area contributed by atoms with Gasteiger partial charge in [0.05, 0.1) is 0 Å². The lowest BCUT2D eigenvalue weighted by atomic mass is 10.4. The third kappa shape index (κ3) is 2.55. The number of aromatic nitrogens is 3. The molecule has 88 valence electrons. The SMILES string of the molecule is CCCSc1nnc(C2CC2)n1CC(N)=O. The Balaban J connectivity index is 2.18. The minimum absolute atomic E-state index is 0.199. The van der Waals surface area contributed by atoms with E-state index in [1.807, 2.05) is 4.57 Å². The van der Waals surface area contributed by atoms with Crippen molar-refractivity contribution in [1.29, 1.82) is 0 Å². The molecule has 0 bridgehead atoms. The van der Waals surface area contributed by atoms with Crippen LogP contribution in [0.1, 0.15) is 37.9 Å². The van der Waals surface area contributed by atoms with E-state index in [1.54, 1.807) is 11.8 Å². The van der Waals surface area contributed by atoms with Gasteiger partial charge in [0.1, 0.15) is 12.4 Å². The lowest BCUT2D eigenvalue weighted by molar-refractivity contribution is -0.118. The molecule has 0 radical (unpaired) electrons. The molecule has 1 aromatic rings. The number of carbonyl (C=O) groups excluding carboxylic acids is 1. The molecule has 0 unspecified atom stereocenters. The van der Waals surface area contributed by atoms with Gasteiger partial charge in [0.15, 0.2) is 5.16 Å². The van der Waals surface area contributed by atoms with Crippen LogP contribution in [0.15, 0.2) is 5.16 Å². The average Bonchev–Trinajstić information content (AvgIpc) is 3.00. The molecule has 1 fully saturated rings. The van der Waals surface area contributed by atoms with Gasteiger partial charge in [-0.1, -0.05) is 18.7 Å². The second-order valence-corrected chi connectivity index (χ2v) is 5.08. The van der Waals surface area contributed by atoms with Crippen molar-refractivity contribution >= 4 is 17.7 Å². The number of thioether (sulfide) groups is 1. The van der Waals surface area contributed by atoms with Crippen molar-refractivity contribution in [2.24, 2.45) is 5.73 Å². The summed E-state index contributed by atoms with van der Waals surface area (Å²) >= 11 is 1.64. The zero-order valence-electron chi connectivity index (χ0n) is 9.35. The molecule has 6 heteroatoms. The third-order valence-electron chi connectivity index (χ3n) is 2.44. The minimum Gasteiger partial charge on any atom is -0.368 e. The van der Waals surface area contributed by atoms with E-state index in [0.717, 1.165) is 36.0 Å². The summed E-state index contributed by atoms with van der Waals surface area (Å²) in [6.07, 6.45) is 3.37. The summed E-state index contributed by atoms with van der Waals surface area (Å²) in [5.74, 6) is 2.07. The number of amides is 1. The number of hydrogen-bond donors (Lipinski definition) is 1. The molecule has 1 heterocycles. The van der Waals surface area contributed by atoms with E-state index in [2.05, 4.69) is 17.1 Å². The number of primary amides is 1. The van der Waals surface area contributed by atoms with Crippen LogP contribution in [-0.4, -0.2) is 26.4 Å². The molecule has 0 saturated heterocycles. The second-order valence-electron chi connectivity index (χ2n) is 4.02. The van der Waals surface area contributed by atoms with Crippen LogP contribution >= 0.6 is 11.8 Å². The maximum Gasteiger partial charge on any atom is 0.237 e. The van der Waals surface area contributed by atoms with Gasteiger partial charge in [-0.25, -0.2) is 0 Å². The first kappa shape index (κ1) is 11.4. The van der Waals surface area contributed by atoms with Crippen molar-refractivity contribution in [2.45, 2.75) is 43.8 Å². The monoisotopic (exact) mass is 240 g/mol. The molecule has 1 aliphatic rings. The van der Waals surface area contributed by atoms with Crippen molar-refractivity contribution in [3.8, 4) is 0 Å². The zero-order chi connectivity index (χ0) is 11.5. The van der Waals surface area contributed by atoms with Gasteiger partial charge in [-0.15, -0.1) is 10.2 Å². The fraction of sp³-hybridized carbons (Fsp3) is 0.700. The van der Waals surface area contributed by atoms with Crippen molar-refractivity contribution in [2.75, 3.05) is 5.75 Å². The molecule has 1 amide bonds. The van der Waals surface area contributed by atoms with Crippen LogP contribution in [0, 0.1) is 0 Å². The lowest BCUT2D eigenvalue weighted by Crippen LogP contribution is -2.20. The van der Waals surface area contributed by atoms with Crippen molar-refractivity contribution in [3.05, 3.63) is 5.82 Å². The normalized spacial score (nSPS) is 15.3. The van der Waals surface area contributed by atoms with Crippen molar-refractivity contribution in [1.82, 2.24) is 14.8 Å². The smallest absolute Gasteiger partial charge is 0.237 e. The lowest BCUT2D eigenvalue weighted by Gasteiger charge is -2.06. The van der Waals surface area contributed by atoms with Crippen LogP contribution in [0.4, 0.5) is 0 Å². The van der Waals surface area contributed by atoms with Crippen LogP contribution in [0.2, 0.25) is 0 Å². The van der Waals surface area contributed by atoms with Gasteiger partial charge in [0.25, 0.3) is 0 Å². The first-order valence-corrected chi connectivity index (χ1v) is 6.55. The van der Waals surface area contributed by atoms with Gasteiger partial charge in [0, 0.05) is 11.7 Å². The van der Waals surface area contributed by atoms with E-state index < -0.39 is 0 Å². The summed E-state index contributed by atoms with van der Waals surface area (Å²) in [4.78, 5) is 11.0. The summed E-state index contributed by atoms with van der Waals surface area (Å²) in [6, 6.07) is 0. The number of hydrogen-bond acceptors (Lipinski definition) is 4. The summed E-state index contributed by atoms with van der Waals surface area (Å²) < 4.78 is 1.88. The maximum atomic E-state index is 11.0. The Morgan fingerprint density at radius 3 is 2.88 bits per heavy atom. The number of nitrogens with zero attached hydrogens (tertiary/aromatic N) is 3. The Bertz CT molecular complexity index is 386. The standard InChI is InChI=1S/C10H16N4OS/c1-2-5-16-10-13-12-9(7-3-4-7)14(10)6-8(11)15/h7H,2-6H2,1H3,(H2,11,15). The quantitative estimate of drug-likeness (QED) is 0.757. The van der Waals surface area contributed by atoms with Crippen LogP contribution < -0.4 is 5.73 Å². The summed E-state index contributed by atoms with van der Waals surface area (Å²) in [7, 11) is 0. The van der Waals surface area contributed by atoms with Gasteiger partial charge < -0.3 is 5.73 Å². The highest BCUT2D eigenvalue weighted by Crippen LogP contribution is 2.39. The zero-order valence-corrected chi connectivity index (χ0v) is 10.2. The van der Waals surface area contributed by atoms with Crippen LogP contribution in [0.3, 0.4) is 0 Å². The maximum absolute atomic E-state index is 11.0. The Labute approximate surface area is 98.8 Å². The van der Waals surface area contributed by atoms with E-state index in [9.17, 15) is 4.79 Å². The fourth-order valence-corrected chi connectivity index (χ4v) is 2.35. The highest BCUT2D eigenvalue weighted by atomic mass is 32.2. The molecule has 0 aliphatic heterocycles. The highest BCUT2D eigenvalue weighted by molar-refractivity contribution is 7.99. The third-order valence-corrected chi connectivity index (χ3v) is 3.61. The molecular formula is C10H16N4OS. The van der Waals surface area contributed by atoms with Gasteiger partial charge in [-0.05, 0) is 19.3 Å². The second kappa shape index (κ2) is 4.86. The molecular weight excluding hydrogens is 224 g/mol. The van der Waals surface area contributed by atoms with E-state index in [-0.39, 0.29) is 12.5 Å². The average molecular weight is 240 g/mol. The Morgan fingerprint density at radius 2 is 2.31 bits per heavy atom. The molecule has 0 atom stereocenters. The molecule has 1 aromatic heterocycles. The van der Waals surface area contributed by atoms with Crippen LogP contribution in [-0.2, 0) is 11.3 Å². The Hall–Kier alpha value is -1.04. The largest absolute Gasteiger partial charge is 0.368 e. The predicted octanol–water partition coefficient (Wildman–Crippen LogP) is 1.14. The van der Waals surface area contributed by atoms with Crippen molar-refractivity contribution < 1.29 is 4.79 Å². The molecule has 0 spiro atoms. The summed E-state index contributed by atoms with van der Waals surface area (Å²) in [5, 5.41) is 9.13. The fourth-order valence-electron chi connectivity index (χ4n) is 1.55. The van der Waals surface area contributed by atoms with Gasteiger partial charge in [0.2, 0.25) is 5.91 Å². The number of nitrogens with two attached hydrogens (primary N) is 1. The summed E-state index contributed by atoms with van der Waals surface area (Å²) in [5.41, 5.74) is 5.25. The van der Waals surface area contributed by atoms with E-state index in [0.29, 0.717) is 5.92 Å². The molecule has 0 aromatic carbocycles. The van der Waals surface area contributed by atoms with Gasteiger partial charge in [-0.2, -0.15) is 0 Å². The molecule has 16 heavy (non-hydrogen) atoms. The van der Waals surface area contributed by atoms with Crippen LogP contribution in [0.25, 0.3) is 0 Å². The number of carbonyl (C=O) groups is 1. The first-order chi connectivity index (χ1) is 7.72. The van der Waals surface area contributed by atoms with E-state index in [4.69, 9.17) is 5.73 Å². The molecule has 2 N–H and O–H groups in total. The molecule has 1 aliphatic carbocycles. The van der Waals surface area contributed by atoms with Crippen molar-refractivity contribution in [3.63, 3.8) is 0 Å².